The minimum absolute atomic E-state index is 0.421. The van der Waals surface area contributed by atoms with Crippen LogP contribution in [0, 0.1) is 5.21 Å². The number of nitrogens with zero attached hydrogens (tertiary/aromatic N) is 3. The summed E-state index contributed by atoms with van der Waals surface area (Å²) in [5.74, 6) is 0.797. The van der Waals surface area contributed by atoms with E-state index in [1.54, 1.807) is 7.11 Å². The second-order valence-electron chi connectivity index (χ2n) is 7.32. The fourth-order valence-corrected chi connectivity index (χ4v) is 3.71. The minimum atomic E-state index is -0.421. The summed E-state index contributed by atoms with van der Waals surface area (Å²) < 4.78 is 6.43. The molecule has 1 aliphatic heterocycles. The van der Waals surface area contributed by atoms with Gasteiger partial charge in [0.15, 0.2) is 0 Å². The fraction of sp³-hybridized carbons (Fsp3) is 0.208. The van der Waals surface area contributed by atoms with Crippen molar-refractivity contribution in [1.82, 2.24) is 0 Å². The van der Waals surface area contributed by atoms with Crippen molar-refractivity contribution in [2.75, 3.05) is 37.5 Å². The van der Waals surface area contributed by atoms with E-state index in [0.717, 1.165) is 38.7 Å². The third-order valence-corrected chi connectivity index (χ3v) is 5.32. The van der Waals surface area contributed by atoms with Gasteiger partial charge in [-0.05, 0) is 60.7 Å². The molecule has 29 heavy (non-hydrogen) atoms. The number of rotatable bonds is 5. The van der Waals surface area contributed by atoms with Crippen molar-refractivity contribution < 1.29 is 9.48 Å². The number of hydrogen-bond donors (Lipinski definition) is 0. The van der Waals surface area contributed by atoms with Gasteiger partial charge < -0.3 is 14.8 Å². The van der Waals surface area contributed by atoms with Crippen molar-refractivity contribution in [1.29, 1.82) is 0 Å². The van der Waals surface area contributed by atoms with Crippen molar-refractivity contribution in [3.8, 4) is 5.75 Å². The van der Waals surface area contributed by atoms with E-state index in [1.807, 2.05) is 80.8 Å². The van der Waals surface area contributed by atoms with Crippen LogP contribution in [-0.2, 0) is 0 Å². The quantitative estimate of drug-likeness (QED) is 0.484. The van der Waals surface area contributed by atoms with E-state index in [4.69, 9.17) is 4.74 Å². The predicted octanol–water partition coefficient (Wildman–Crippen LogP) is 4.28. The second-order valence-corrected chi connectivity index (χ2v) is 7.32. The van der Waals surface area contributed by atoms with Crippen LogP contribution in [0.3, 0.4) is 0 Å². The van der Waals surface area contributed by atoms with E-state index >= 15 is 0 Å². The molecule has 3 aromatic rings. The third-order valence-electron chi connectivity index (χ3n) is 5.32. The summed E-state index contributed by atoms with van der Waals surface area (Å²) in [7, 11) is 5.67. The zero-order chi connectivity index (χ0) is 20.4. The van der Waals surface area contributed by atoms with Gasteiger partial charge in [-0.25, -0.2) is 0 Å². The Kier molecular flexibility index (Phi) is 5.12. The summed E-state index contributed by atoms with van der Waals surface area (Å²) in [6, 6.07) is 25.9. The van der Waals surface area contributed by atoms with Crippen LogP contribution in [0.1, 0.15) is 17.3 Å². The Morgan fingerprint density at radius 2 is 1.59 bits per heavy atom. The van der Waals surface area contributed by atoms with Crippen molar-refractivity contribution in [3.63, 3.8) is 0 Å². The smallest absolute Gasteiger partial charge is 0.266 e. The first-order chi connectivity index (χ1) is 14.1. The van der Waals surface area contributed by atoms with Crippen LogP contribution in [-0.4, -0.2) is 38.2 Å². The summed E-state index contributed by atoms with van der Waals surface area (Å²) in [6.07, 6.45) is -0.421. The molecular weight excluding hydrogens is 362 g/mol. The van der Waals surface area contributed by atoms with Crippen LogP contribution >= 0.6 is 0 Å². The maximum Gasteiger partial charge on any atom is 0.266 e. The average molecular weight is 387 g/mol. The highest BCUT2D eigenvalue weighted by molar-refractivity contribution is 6.01. The first kappa shape index (κ1) is 18.9. The Hall–Kier alpha value is -3.47. The monoisotopic (exact) mass is 387 g/mol. The Balaban J connectivity index is 1.77. The number of anilines is 2. The van der Waals surface area contributed by atoms with Gasteiger partial charge in [0.1, 0.15) is 12.3 Å². The van der Waals surface area contributed by atoms with Crippen molar-refractivity contribution in [3.05, 3.63) is 95.2 Å². The van der Waals surface area contributed by atoms with E-state index in [0.29, 0.717) is 6.54 Å². The molecule has 1 aliphatic rings. The van der Waals surface area contributed by atoms with Crippen LogP contribution in [0.25, 0.3) is 0 Å². The van der Waals surface area contributed by atoms with Gasteiger partial charge in [-0.2, -0.15) is 4.74 Å². The van der Waals surface area contributed by atoms with Crippen LogP contribution in [0.2, 0.25) is 0 Å². The second kappa shape index (κ2) is 7.87. The van der Waals surface area contributed by atoms with Gasteiger partial charge in [-0.3, -0.25) is 4.90 Å². The molecule has 0 saturated carbocycles. The number of methoxy groups -OCH3 is 1. The van der Waals surface area contributed by atoms with Gasteiger partial charge in [0.05, 0.1) is 7.11 Å². The zero-order valence-corrected chi connectivity index (χ0v) is 16.9. The van der Waals surface area contributed by atoms with Crippen molar-refractivity contribution >= 4 is 17.1 Å². The predicted molar refractivity (Wildman–Crippen MR) is 118 cm³/mol. The fourth-order valence-electron chi connectivity index (χ4n) is 3.71. The molecule has 1 atom stereocenters. The van der Waals surface area contributed by atoms with Crippen molar-refractivity contribution in [2.45, 2.75) is 6.17 Å². The van der Waals surface area contributed by atoms with E-state index < -0.39 is 6.17 Å². The lowest BCUT2D eigenvalue weighted by Crippen LogP contribution is -2.28. The molecule has 0 N–H and O–H groups in total. The molecule has 0 aromatic heterocycles. The van der Waals surface area contributed by atoms with Crippen LogP contribution in [0.15, 0.2) is 78.9 Å². The summed E-state index contributed by atoms with van der Waals surface area (Å²) in [6.45, 7) is 0.542. The molecule has 0 amide bonds. The highest BCUT2D eigenvalue weighted by Gasteiger charge is 2.39. The molecule has 0 spiro atoms. The van der Waals surface area contributed by atoms with Gasteiger partial charge in [0.2, 0.25) is 5.71 Å². The molecular formula is C24H25N3O2. The topological polar surface area (TPSA) is 41.8 Å². The molecule has 5 heteroatoms. The first-order valence-corrected chi connectivity index (χ1v) is 9.64. The number of ether oxygens (including phenoxy) is 1. The van der Waals surface area contributed by atoms with E-state index in [9.17, 15) is 5.21 Å². The maximum atomic E-state index is 13.4. The molecule has 4 rings (SSSR count). The van der Waals surface area contributed by atoms with Gasteiger partial charge in [0.25, 0.3) is 6.17 Å². The minimum Gasteiger partial charge on any atom is -0.622 e. The molecule has 0 aliphatic carbocycles. The molecule has 1 unspecified atom stereocenters. The van der Waals surface area contributed by atoms with Crippen LogP contribution in [0.5, 0.6) is 5.75 Å². The third kappa shape index (κ3) is 3.63. The van der Waals surface area contributed by atoms with Crippen LogP contribution in [0.4, 0.5) is 11.4 Å². The molecule has 0 radical (unpaired) electrons. The van der Waals surface area contributed by atoms with Gasteiger partial charge in [-0.15, -0.1) is 0 Å². The van der Waals surface area contributed by atoms with Gasteiger partial charge in [-0.1, -0.05) is 18.2 Å². The molecule has 0 saturated heterocycles. The normalized spacial score (nSPS) is 16.2. The Morgan fingerprint density at radius 1 is 0.931 bits per heavy atom. The highest BCUT2D eigenvalue weighted by Crippen LogP contribution is 2.34. The molecule has 3 aromatic carbocycles. The summed E-state index contributed by atoms with van der Waals surface area (Å²) in [4.78, 5) is 4.19. The summed E-state index contributed by atoms with van der Waals surface area (Å²) in [5, 5.41) is 13.4. The van der Waals surface area contributed by atoms with E-state index in [-0.39, 0.29) is 0 Å². The standard InChI is InChI=1S/C24H25N3O2/c1-25(2)20-11-9-19(10-12-20)24-26(21-13-15-22(29-3)16-14-21)17-23(27(24)28)18-7-5-4-6-8-18/h4-16,24H,17H2,1-3H3. The zero-order valence-electron chi connectivity index (χ0n) is 16.9. The number of hydrogen-bond acceptors (Lipinski definition) is 4. The number of hydroxylamine groups is 1. The Labute approximate surface area is 171 Å². The Morgan fingerprint density at radius 3 is 2.17 bits per heavy atom. The molecule has 1 heterocycles. The van der Waals surface area contributed by atoms with Gasteiger partial charge >= 0.3 is 0 Å². The average Bonchev–Trinajstić information content (AvgIpc) is 3.11. The largest absolute Gasteiger partial charge is 0.622 e. The first-order valence-electron chi connectivity index (χ1n) is 9.64. The summed E-state index contributed by atoms with van der Waals surface area (Å²) >= 11 is 0. The van der Waals surface area contributed by atoms with E-state index in [2.05, 4.69) is 21.9 Å². The molecule has 5 nitrogen and oxygen atoms in total. The van der Waals surface area contributed by atoms with Crippen molar-refractivity contribution in [2.24, 2.45) is 0 Å². The molecule has 0 fully saturated rings. The SMILES string of the molecule is COc1ccc(N2CC(c3ccccc3)=[N+]([O-])C2c2ccc(N(C)C)cc2)cc1. The lowest BCUT2D eigenvalue weighted by Gasteiger charge is -2.25. The lowest BCUT2D eigenvalue weighted by atomic mass is 10.1. The van der Waals surface area contributed by atoms with E-state index in [1.165, 1.54) is 0 Å². The molecule has 0 bridgehead atoms. The highest BCUT2D eigenvalue weighted by atomic mass is 16.5. The maximum absolute atomic E-state index is 13.4. The lowest BCUT2D eigenvalue weighted by molar-refractivity contribution is -0.497. The number of benzene rings is 3. The Bertz CT molecular complexity index is 997. The van der Waals surface area contributed by atoms with Gasteiger partial charge in [0, 0.05) is 36.6 Å². The molecule has 148 valence electrons. The summed E-state index contributed by atoms with van der Waals surface area (Å²) in [5.41, 5.74) is 4.77. The van der Waals surface area contributed by atoms with Crippen LogP contribution < -0.4 is 14.5 Å².